The Morgan fingerprint density at radius 2 is 2.24 bits per heavy atom. The Morgan fingerprint density at radius 1 is 1.43 bits per heavy atom. The molecule has 2 rings (SSSR count). The Bertz CT molecular complexity index is 459. The molecule has 2 heterocycles. The molecule has 1 atom stereocenters. The summed E-state index contributed by atoms with van der Waals surface area (Å²) in [5.41, 5.74) is 0. The Morgan fingerprint density at radius 3 is 2.95 bits per heavy atom. The summed E-state index contributed by atoms with van der Waals surface area (Å²) in [6.07, 6.45) is 4.08. The van der Waals surface area contributed by atoms with Gasteiger partial charge in [0.15, 0.2) is 5.82 Å². The average Bonchev–Trinajstić information content (AvgIpc) is 2.69. The SMILES string of the molecule is CC(C)Cc1noc(CN2CCCC(CC(=O)O)CC2)n1. The van der Waals surface area contributed by atoms with Crippen LogP contribution in [0.15, 0.2) is 4.52 Å². The second-order valence-electron chi connectivity index (χ2n) is 6.37. The molecule has 21 heavy (non-hydrogen) atoms. The molecule has 6 heteroatoms. The van der Waals surface area contributed by atoms with Gasteiger partial charge in [-0.05, 0) is 44.2 Å². The lowest BCUT2D eigenvalue weighted by molar-refractivity contribution is -0.138. The van der Waals surface area contributed by atoms with Crippen LogP contribution < -0.4 is 0 Å². The number of carboxylic acid groups (broad SMARTS) is 1. The van der Waals surface area contributed by atoms with Gasteiger partial charge >= 0.3 is 5.97 Å². The fourth-order valence-electron chi connectivity index (χ4n) is 2.83. The van der Waals surface area contributed by atoms with Crippen LogP contribution in [0.4, 0.5) is 0 Å². The number of hydrogen-bond acceptors (Lipinski definition) is 5. The number of aromatic nitrogens is 2. The molecule has 1 N–H and O–H groups in total. The molecule has 0 aliphatic carbocycles. The predicted octanol–water partition coefficient (Wildman–Crippen LogP) is 2.34. The maximum absolute atomic E-state index is 10.8. The zero-order chi connectivity index (χ0) is 15.2. The lowest BCUT2D eigenvalue weighted by atomic mass is 9.97. The van der Waals surface area contributed by atoms with E-state index < -0.39 is 5.97 Å². The number of carboxylic acids is 1. The zero-order valence-electron chi connectivity index (χ0n) is 12.9. The van der Waals surface area contributed by atoms with Crippen LogP contribution in [0.1, 0.15) is 51.2 Å². The maximum atomic E-state index is 10.8. The fourth-order valence-corrected chi connectivity index (χ4v) is 2.83. The maximum Gasteiger partial charge on any atom is 0.303 e. The first-order valence-electron chi connectivity index (χ1n) is 7.78. The molecule has 1 unspecified atom stereocenters. The van der Waals surface area contributed by atoms with E-state index in [-0.39, 0.29) is 6.42 Å². The summed E-state index contributed by atoms with van der Waals surface area (Å²) in [6, 6.07) is 0. The Labute approximate surface area is 125 Å². The third-order valence-electron chi connectivity index (χ3n) is 3.86. The molecule has 1 aliphatic heterocycles. The summed E-state index contributed by atoms with van der Waals surface area (Å²) >= 11 is 0. The van der Waals surface area contributed by atoms with Crippen LogP contribution in [0.3, 0.4) is 0 Å². The fraction of sp³-hybridized carbons (Fsp3) is 0.800. The molecule has 1 aromatic heterocycles. The van der Waals surface area contributed by atoms with Gasteiger partial charge in [-0.2, -0.15) is 4.98 Å². The molecule has 0 aromatic carbocycles. The highest BCUT2D eigenvalue weighted by molar-refractivity contribution is 5.67. The van der Waals surface area contributed by atoms with Gasteiger partial charge in [-0.3, -0.25) is 9.69 Å². The molecular formula is C15H25N3O3. The van der Waals surface area contributed by atoms with E-state index in [1.165, 1.54) is 0 Å². The van der Waals surface area contributed by atoms with Crippen LogP contribution in [0.25, 0.3) is 0 Å². The monoisotopic (exact) mass is 295 g/mol. The lowest BCUT2D eigenvalue weighted by Gasteiger charge is -2.17. The average molecular weight is 295 g/mol. The Hall–Kier alpha value is -1.43. The third-order valence-corrected chi connectivity index (χ3v) is 3.86. The van der Waals surface area contributed by atoms with Crippen molar-refractivity contribution in [3.05, 3.63) is 11.7 Å². The molecule has 0 bridgehead atoms. The van der Waals surface area contributed by atoms with Crippen LogP contribution >= 0.6 is 0 Å². The number of rotatable bonds is 6. The number of nitrogens with zero attached hydrogens (tertiary/aromatic N) is 3. The molecule has 0 spiro atoms. The van der Waals surface area contributed by atoms with Crippen molar-refractivity contribution in [2.75, 3.05) is 13.1 Å². The van der Waals surface area contributed by atoms with Crippen molar-refractivity contribution in [3.63, 3.8) is 0 Å². The minimum atomic E-state index is -0.691. The predicted molar refractivity (Wildman–Crippen MR) is 77.7 cm³/mol. The summed E-state index contributed by atoms with van der Waals surface area (Å²) in [5.74, 6) is 1.57. The zero-order valence-corrected chi connectivity index (χ0v) is 12.9. The quantitative estimate of drug-likeness (QED) is 0.867. The Balaban J connectivity index is 1.83. The van der Waals surface area contributed by atoms with E-state index in [9.17, 15) is 4.79 Å². The second kappa shape index (κ2) is 7.54. The minimum Gasteiger partial charge on any atom is -0.481 e. The van der Waals surface area contributed by atoms with Crippen LogP contribution in [0, 0.1) is 11.8 Å². The third kappa shape index (κ3) is 5.46. The van der Waals surface area contributed by atoms with Crippen molar-refractivity contribution in [2.24, 2.45) is 11.8 Å². The van der Waals surface area contributed by atoms with Crippen molar-refractivity contribution >= 4 is 5.97 Å². The van der Waals surface area contributed by atoms with E-state index in [0.717, 1.165) is 44.6 Å². The Kier molecular flexibility index (Phi) is 5.73. The summed E-state index contributed by atoms with van der Waals surface area (Å²) in [4.78, 5) is 17.5. The standard InChI is InChI=1S/C15H25N3O3/c1-11(2)8-13-16-14(21-17-13)10-18-6-3-4-12(5-7-18)9-15(19)20/h11-12H,3-10H2,1-2H3,(H,19,20). The van der Waals surface area contributed by atoms with Gasteiger partial charge in [0.1, 0.15) is 0 Å². The molecule has 1 aromatic rings. The molecule has 0 saturated carbocycles. The molecule has 1 saturated heterocycles. The van der Waals surface area contributed by atoms with Crippen molar-refractivity contribution in [2.45, 2.75) is 52.5 Å². The van der Waals surface area contributed by atoms with Gasteiger partial charge in [-0.25, -0.2) is 0 Å². The van der Waals surface area contributed by atoms with E-state index in [2.05, 4.69) is 28.9 Å². The van der Waals surface area contributed by atoms with Crippen molar-refractivity contribution in [1.29, 1.82) is 0 Å². The van der Waals surface area contributed by atoms with Crippen LogP contribution in [0.5, 0.6) is 0 Å². The number of aliphatic carboxylic acids is 1. The van der Waals surface area contributed by atoms with Crippen molar-refractivity contribution < 1.29 is 14.4 Å². The summed E-state index contributed by atoms with van der Waals surface area (Å²) in [6.45, 7) is 6.81. The van der Waals surface area contributed by atoms with Gasteiger partial charge in [-0.1, -0.05) is 19.0 Å². The largest absolute Gasteiger partial charge is 0.481 e. The first-order valence-corrected chi connectivity index (χ1v) is 7.78. The van der Waals surface area contributed by atoms with Gasteiger partial charge in [0.25, 0.3) is 0 Å². The highest BCUT2D eigenvalue weighted by Gasteiger charge is 2.20. The molecule has 0 radical (unpaired) electrons. The highest BCUT2D eigenvalue weighted by atomic mass is 16.5. The summed E-state index contributed by atoms with van der Waals surface area (Å²) < 4.78 is 5.30. The van der Waals surface area contributed by atoms with E-state index in [0.29, 0.717) is 24.3 Å². The van der Waals surface area contributed by atoms with Crippen LogP contribution in [0.2, 0.25) is 0 Å². The minimum absolute atomic E-state index is 0.285. The molecule has 6 nitrogen and oxygen atoms in total. The van der Waals surface area contributed by atoms with E-state index in [4.69, 9.17) is 9.63 Å². The number of likely N-dealkylation sites (tertiary alicyclic amines) is 1. The molecule has 1 fully saturated rings. The van der Waals surface area contributed by atoms with Crippen molar-refractivity contribution in [1.82, 2.24) is 15.0 Å². The van der Waals surface area contributed by atoms with Crippen LogP contribution in [-0.4, -0.2) is 39.2 Å². The first kappa shape index (κ1) is 15.9. The lowest BCUT2D eigenvalue weighted by Crippen LogP contribution is -2.24. The van der Waals surface area contributed by atoms with Gasteiger partial charge in [0.05, 0.1) is 6.54 Å². The summed E-state index contributed by atoms with van der Waals surface area (Å²) in [7, 11) is 0. The highest BCUT2D eigenvalue weighted by Crippen LogP contribution is 2.21. The molecule has 118 valence electrons. The second-order valence-corrected chi connectivity index (χ2v) is 6.37. The molecule has 1 aliphatic rings. The first-order chi connectivity index (χ1) is 10.0. The summed E-state index contributed by atoms with van der Waals surface area (Å²) in [5, 5.41) is 12.9. The van der Waals surface area contributed by atoms with Crippen molar-refractivity contribution in [3.8, 4) is 0 Å². The topological polar surface area (TPSA) is 79.5 Å². The van der Waals surface area contributed by atoms with E-state index in [1.54, 1.807) is 0 Å². The normalized spacial score (nSPS) is 20.6. The smallest absolute Gasteiger partial charge is 0.303 e. The number of carbonyl (C=O) groups is 1. The van der Waals surface area contributed by atoms with Gasteiger partial charge in [0.2, 0.25) is 5.89 Å². The van der Waals surface area contributed by atoms with E-state index >= 15 is 0 Å². The van der Waals surface area contributed by atoms with Gasteiger partial charge in [0, 0.05) is 12.8 Å². The van der Waals surface area contributed by atoms with Gasteiger partial charge in [-0.15, -0.1) is 0 Å². The molecule has 0 amide bonds. The van der Waals surface area contributed by atoms with Gasteiger partial charge < -0.3 is 9.63 Å². The number of hydrogen-bond donors (Lipinski definition) is 1. The molecular weight excluding hydrogens is 270 g/mol. The van der Waals surface area contributed by atoms with E-state index in [1.807, 2.05) is 0 Å². The van der Waals surface area contributed by atoms with Crippen LogP contribution in [-0.2, 0) is 17.8 Å².